The van der Waals surface area contributed by atoms with Gasteiger partial charge in [-0.15, -0.1) is 0 Å². The number of hydrogen-bond acceptors (Lipinski definition) is 4. The Balaban J connectivity index is 2.45. The third-order valence-corrected chi connectivity index (χ3v) is 2.80. The number of ether oxygens (including phenoxy) is 1. The second-order valence-electron chi connectivity index (χ2n) is 4.44. The van der Waals surface area contributed by atoms with E-state index in [1.165, 1.54) is 12.2 Å². The molecule has 0 aromatic rings. The maximum Gasteiger partial charge on any atom is 0.254 e. The molecule has 1 aliphatic heterocycles. The van der Waals surface area contributed by atoms with Crippen molar-refractivity contribution in [3.05, 3.63) is 12.2 Å². The van der Waals surface area contributed by atoms with E-state index in [0.717, 1.165) is 17.7 Å². The number of carbonyl (C=O) groups excluding carboxylic acids is 3. The number of Topliss-reactive ketones (excluding diaryl/α,β-unsaturated/α-hetero) is 1. The molecule has 2 atom stereocenters. The summed E-state index contributed by atoms with van der Waals surface area (Å²) in [5, 5.41) is 0. The van der Waals surface area contributed by atoms with Gasteiger partial charge in [-0.05, 0) is 20.3 Å². The van der Waals surface area contributed by atoms with Crippen LogP contribution in [0.4, 0.5) is 0 Å². The normalized spacial score (nSPS) is 18.3. The average molecular weight is 253 g/mol. The Morgan fingerprint density at radius 3 is 2.33 bits per heavy atom. The summed E-state index contributed by atoms with van der Waals surface area (Å²) in [5.41, 5.74) is 0. The summed E-state index contributed by atoms with van der Waals surface area (Å²) in [6.45, 7) is 5.37. The number of amides is 2. The monoisotopic (exact) mass is 253 g/mol. The third kappa shape index (κ3) is 3.77. The Hall–Kier alpha value is -1.49. The summed E-state index contributed by atoms with van der Waals surface area (Å²) in [7, 11) is 0. The Morgan fingerprint density at radius 2 is 1.83 bits per heavy atom. The maximum absolute atomic E-state index is 11.8. The molecule has 5 nitrogen and oxygen atoms in total. The Labute approximate surface area is 107 Å². The molecule has 0 saturated carbocycles. The molecule has 18 heavy (non-hydrogen) atoms. The summed E-state index contributed by atoms with van der Waals surface area (Å²) >= 11 is 0. The average Bonchev–Trinajstić information content (AvgIpc) is 2.60. The van der Waals surface area contributed by atoms with Crippen LogP contribution in [-0.2, 0) is 19.1 Å². The first-order valence-electron chi connectivity index (χ1n) is 6.17. The first-order chi connectivity index (χ1) is 8.45. The lowest BCUT2D eigenvalue weighted by molar-refractivity contribution is -0.144. The van der Waals surface area contributed by atoms with Crippen LogP contribution in [0.25, 0.3) is 0 Å². The van der Waals surface area contributed by atoms with Crippen molar-refractivity contribution in [2.45, 2.75) is 45.8 Å². The zero-order valence-corrected chi connectivity index (χ0v) is 11.0. The molecule has 1 heterocycles. The van der Waals surface area contributed by atoms with Gasteiger partial charge in [-0.1, -0.05) is 13.3 Å². The fourth-order valence-electron chi connectivity index (χ4n) is 1.77. The van der Waals surface area contributed by atoms with Crippen molar-refractivity contribution >= 4 is 17.6 Å². The smallest absolute Gasteiger partial charge is 0.254 e. The van der Waals surface area contributed by atoms with Gasteiger partial charge in [0.05, 0.1) is 12.6 Å². The van der Waals surface area contributed by atoms with Gasteiger partial charge in [0, 0.05) is 12.2 Å². The van der Waals surface area contributed by atoms with E-state index in [4.69, 9.17) is 4.74 Å². The highest BCUT2D eigenvalue weighted by atomic mass is 16.5. The van der Waals surface area contributed by atoms with Crippen molar-refractivity contribution in [1.29, 1.82) is 0 Å². The van der Waals surface area contributed by atoms with E-state index in [1.54, 1.807) is 6.92 Å². The summed E-state index contributed by atoms with van der Waals surface area (Å²) < 4.78 is 5.51. The van der Waals surface area contributed by atoms with Gasteiger partial charge in [0.15, 0.2) is 5.78 Å². The third-order valence-electron chi connectivity index (χ3n) is 2.80. The molecule has 1 aliphatic rings. The van der Waals surface area contributed by atoms with Gasteiger partial charge in [-0.2, -0.15) is 0 Å². The summed E-state index contributed by atoms with van der Waals surface area (Å²) in [5.74, 6) is -1.15. The Kier molecular flexibility index (Phi) is 5.22. The second kappa shape index (κ2) is 6.44. The van der Waals surface area contributed by atoms with Gasteiger partial charge in [-0.3, -0.25) is 19.3 Å². The van der Waals surface area contributed by atoms with E-state index in [0.29, 0.717) is 0 Å². The van der Waals surface area contributed by atoms with Crippen LogP contribution in [0.3, 0.4) is 0 Å². The molecule has 2 unspecified atom stereocenters. The molecule has 0 fully saturated rings. The number of ketones is 1. The van der Waals surface area contributed by atoms with Gasteiger partial charge < -0.3 is 4.74 Å². The molecule has 0 bridgehead atoms. The molecule has 5 heteroatoms. The maximum atomic E-state index is 11.8. The van der Waals surface area contributed by atoms with Crippen molar-refractivity contribution in [1.82, 2.24) is 4.90 Å². The molecule has 0 radical (unpaired) electrons. The molecular weight excluding hydrogens is 234 g/mol. The first-order valence-corrected chi connectivity index (χ1v) is 6.17. The lowest BCUT2D eigenvalue weighted by atomic mass is 10.2. The SMILES string of the molecule is CCCC(C)OC(C)C(=O)CN1C(=O)C=CC1=O. The van der Waals surface area contributed by atoms with Crippen molar-refractivity contribution in [3.8, 4) is 0 Å². The minimum absolute atomic E-state index is 0.00273. The summed E-state index contributed by atoms with van der Waals surface area (Å²) in [6, 6.07) is 0. The largest absolute Gasteiger partial charge is 0.368 e. The lowest BCUT2D eigenvalue weighted by Gasteiger charge is -2.20. The zero-order chi connectivity index (χ0) is 13.7. The van der Waals surface area contributed by atoms with Gasteiger partial charge in [0.1, 0.15) is 6.10 Å². The predicted molar refractivity (Wildman–Crippen MR) is 65.8 cm³/mol. The summed E-state index contributed by atoms with van der Waals surface area (Å²) in [4.78, 5) is 35.3. The predicted octanol–water partition coefficient (Wildman–Crippen LogP) is 1.07. The minimum Gasteiger partial charge on any atom is -0.368 e. The van der Waals surface area contributed by atoms with Gasteiger partial charge in [-0.25, -0.2) is 0 Å². The van der Waals surface area contributed by atoms with E-state index >= 15 is 0 Å². The first kappa shape index (κ1) is 14.6. The van der Waals surface area contributed by atoms with E-state index in [1.807, 2.05) is 13.8 Å². The van der Waals surface area contributed by atoms with Gasteiger partial charge in [0.2, 0.25) is 0 Å². The molecule has 0 aliphatic carbocycles. The van der Waals surface area contributed by atoms with Crippen LogP contribution in [0, 0.1) is 0 Å². The highest BCUT2D eigenvalue weighted by molar-refractivity contribution is 6.14. The van der Waals surface area contributed by atoms with Crippen LogP contribution in [0.1, 0.15) is 33.6 Å². The molecule has 0 spiro atoms. The second-order valence-corrected chi connectivity index (χ2v) is 4.44. The van der Waals surface area contributed by atoms with E-state index in [-0.39, 0.29) is 18.4 Å². The topological polar surface area (TPSA) is 63.7 Å². The highest BCUT2D eigenvalue weighted by Gasteiger charge is 2.28. The molecule has 1 rings (SSSR count). The Morgan fingerprint density at radius 1 is 1.28 bits per heavy atom. The van der Waals surface area contributed by atoms with Crippen LogP contribution in [0.2, 0.25) is 0 Å². The summed E-state index contributed by atoms with van der Waals surface area (Å²) in [6.07, 6.45) is 3.59. The number of hydrogen-bond donors (Lipinski definition) is 0. The molecule has 0 N–H and O–H groups in total. The minimum atomic E-state index is -0.604. The molecule has 0 saturated heterocycles. The van der Waals surface area contributed by atoms with Crippen LogP contribution >= 0.6 is 0 Å². The van der Waals surface area contributed by atoms with Crippen molar-refractivity contribution in [2.24, 2.45) is 0 Å². The molecule has 0 aromatic heterocycles. The number of rotatable bonds is 7. The zero-order valence-electron chi connectivity index (χ0n) is 11.0. The lowest BCUT2D eigenvalue weighted by Crippen LogP contribution is -2.39. The van der Waals surface area contributed by atoms with E-state index in [2.05, 4.69) is 0 Å². The highest BCUT2D eigenvalue weighted by Crippen LogP contribution is 2.08. The van der Waals surface area contributed by atoms with Crippen LogP contribution in [0.15, 0.2) is 12.2 Å². The van der Waals surface area contributed by atoms with E-state index < -0.39 is 17.9 Å². The standard InChI is InChI=1S/C13H19NO4/c1-4-5-9(2)18-10(3)11(15)8-14-12(16)6-7-13(14)17/h6-7,9-10H,4-5,8H2,1-3H3. The van der Waals surface area contributed by atoms with E-state index in [9.17, 15) is 14.4 Å². The molecule has 2 amide bonds. The number of carbonyl (C=O) groups is 3. The molecular formula is C13H19NO4. The van der Waals surface area contributed by atoms with Crippen molar-refractivity contribution < 1.29 is 19.1 Å². The van der Waals surface area contributed by atoms with Crippen molar-refractivity contribution in [2.75, 3.05) is 6.54 Å². The van der Waals surface area contributed by atoms with Gasteiger partial charge >= 0.3 is 0 Å². The number of nitrogens with zero attached hydrogens (tertiary/aromatic N) is 1. The van der Waals surface area contributed by atoms with Crippen LogP contribution in [0.5, 0.6) is 0 Å². The fraction of sp³-hybridized carbons (Fsp3) is 0.615. The van der Waals surface area contributed by atoms with Crippen molar-refractivity contribution in [3.63, 3.8) is 0 Å². The van der Waals surface area contributed by atoms with Crippen LogP contribution < -0.4 is 0 Å². The molecule has 100 valence electrons. The van der Waals surface area contributed by atoms with Crippen LogP contribution in [-0.4, -0.2) is 41.3 Å². The Bertz CT molecular complexity index is 357. The quantitative estimate of drug-likeness (QED) is 0.637. The molecule has 0 aromatic carbocycles. The van der Waals surface area contributed by atoms with Gasteiger partial charge in [0.25, 0.3) is 11.8 Å². The fourth-order valence-corrected chi connectivity index (χ4v) is 1.77. The number of imide groups is 1.